The van der Waals surface area contributed by atoms with E-state index in [-0.39, 0.29) is 30.4 Å². The average Bonchev–Trinajstić information content (AvgIpc) is 3.58. The van der Waals surface area contributed by atoms with E-state index in [0.717, 1.165) is 24.1 Å². The van der Waals surface area contributed by atoms with Gasteiger partial charge in [0.15, 0.2) is 11.5 Å². The van der Waals surface area contributed by atoms with Crippen molar-refractivity contribution < 1.29 is 23.8 Å². The number of carbonyl (C=O) groups excluding carboxylic acids is 2. The molecule has 1 N–H and O–H groups in total. The maximum Gasteiger partial charge on any atom is 0.246 e. The van der Waals surface area contributed by atoms with Crippen LogP contribution in [0.2, 0.25) is 0 Å². The van der Waals surface area contributed by atoms with Crippen molar-refractivity contribution in [2.45, 2.75) is 32.8 Å². The molecule has 0 bridgehead atoms. The molecule has 0 spiro atoms. The number of nitrogens with zero attached hydrogens (tertiary/aromatic N) is 3. The number of anilines is 1. The first kappa shape index (κ1) is 26.2. The van der Waals surface area contributed by atoms with Gasteiger partial charge in [0, 0.05) is 36.9 Å². The van der Waals surface area contributed by atoms with Crippen LogP contribution >= 0.6 is 0 Å². The van der Waals surface area contributed by atoms with Gasteiger partial charge in [-0.15, -0.1) is 0 Å². The highest BCUT2D eigenvalue weighted by molar-refractivity contribution is 5.94. The smallest absolute Gasteiger partial charge is 0.246 e. The SMILES string of the molecule is COc1ccc(-n2cc(-c3ccccc3)nc2NC(=O)CN(C[C@H]2CCCO2)C(=O)C(C)C)cc1OC. The molecule has 196 valence electrons. The normalized spacial score (nSPS) is 15.0. The minimum absolute atomic E-state index is 0.0473. The highest BCUT2D eigenvalue weighted by Crippen LogP contribution is 2.31. The Hall–Kier alpha value is -3.85. The van der Waals surface area contributed by atoms with Crippen molar-refractivity contribution >= 4 is 17.8 Å². The lowest BCUT2D eigenvalue weighted by molar-refractivity contribution is -0.139. The van der Waals surface area contributed by atoms with Gasteiger partial charge in [0.1, 0.15) is 6.54 Å². The zero-order valence-corrected chi connectivity index (χ0v) is 21.8. The monoisotopic (exact) mass is 506 g/mol. The molecular formula is C28H34N4O5. The summed E-state index contributed by atoms with van der Waals surface area (Å²) < 4.78 is 18.3. The van der Waals surface area contributed by atoms with Crippen LogP contribution in [0, 0.1) is 5.92 Å². The third-order valence-electron chi connectivity index (χ3n) is 6.26. The van der Waals surface area contributed by atoms with Crippen LogP contribution in [0.1, 0.15) is 26.7 Å². The standard InChI is InChI=1S/C28H34N4O5/c1-19(2)27(34)31(16-22-11-8-14-37-22)18-26(33)30-28-29-23(20-9-6-5-7-10-20)17-32(28)21-12-13-24(35-3)25(15-21)36-4/h5-7,9-10,12-13,15,17,19,22H,8,11,14,16,18H2,1-4H3,(H,29,30,33)/t22-/m1/s1. The summed E-state index contributed by atoms with van der Waals surface area (Å²) in [5.41, 5.74) is 2.34. The Bertz CT molecular complexity index is 1220. The van der Waals surface area contributed by atoms with Crippen LogP contribution in [0.25, 0.3) is 16.9 Å². The molecule has 1 fully saturated rings. The van der Waals surface area contributed by atoms with E-state index in [9.17, 15) is 9.59 Å². The minimum Gasteiger partial charge on any atom is -0.493 e. The van der Waals surface area contributed by atoms with E-state index in [1.807, 2.05) is 62.5 Å². The van der Waals surface area contributed by atoms with Gasteiger partial charge in [-0.1, -0.05) is 44.2 Å². The van der Waals surface area contributed by atoms with E-state index in [0.29, 0.717) is 36.3 Å². The van der Waals surface area contributed by atoms with Crippen LogP contribution in [0.15, 0.2) is 54.7 Å². The van der Waals surface area contributed by atoms with Gasteiger partial charge in [-0.05, 0) is 25.0 Å². The number of imidazole rings is 1. The fourth-order valence-electron chi connectivity index (χ4n) is 4.36. The van der Waals surface area contributed by atoms with Crippen molar-refractivity contribution in [1.82, 2.24) is 14.5 Å². The summed E-state index contributed by atoms with van der Waals surface area (Å²) in [7, 11) is 3.15. The Morgan fingerprint density at radius 2 is 1.89 bits per heavy atom. The van der Waals surface area contributed by atoms with Crippen LogP contribution in [0.5, 0.6) is 11.5 Å². The molecule has 2 heterocycles. The second-order valence-electron chi connectivity index (χ2n) is 9.28. The van der Waals surface area contributed by atoms with E-state index in [2.05, 4.69) is 5.32 Å². The van der Waals surface area contributed by atoms with Crippen molar-refractivity contribution in [3.63, 3.8) is 0 Å². The number of rotatable bonds is 10. The van der Waals surface area contributed by atoms with Crippen LogP contribution < -0.4 is 14.8 Å². The molecule has 2 aromatic carbocycles. The van der Waals surface area contributed by atoms with Crippen LogP contribution in [0.4, 0.5) is 5.95 Å². The maximum atomic E-state index is 13.2. The number of ether oxygens (including phenoxy) is 3. The first-order chi connectivity index (χ1) is 17.9. The molecule has 0 aliphatic carbocycles. The number of nitrogens with one attached hydrogen (secondary N) is 1. The lowest BCUT2D eigenvalue weighted by Crippen LogP contribution is -2.44. The quantitative estimate of drug-likeness (QED) is 0.444. The summed E-state index contributed by atoms with van der Waals surface area (Å²) in [6, 6.07) is 15.2. The molecule has 1 saturated heterocycles. The predicted molar refractivity (Wildman–Crippen MR) is 141 cm³/mol. The van der Waals surface area contributed by atoms with E-state index in [1.54, 1.807) is 29.8 Å². The Kier molecular flexibility index (Phi) is 8.45. The van der Waals surface area contributed by atoms with Crippen molar-refractivity contribution in [2.24, 2.45) is 5.92 Å². The lowest BCUT2D eigenvalue weighted by Gasteiger charge is -2.26. The van der Waals surface area contributed by atoms with Crippen molar-refractivity contribution in [2.75, 3.05) is 39.2 Å². The third kappa shape index (κ3) is 6.29. The summed E-state index contributed by atoms with van der Waals surface area (Å²) in [6.45, 7) is 4.66. The Morgan fingerprint density at radius 3 is 2.54 bits per heavy atom. The van der Waals surface area contributed by atoms with Gasteiger partial charge in [-0.2, -0.15) is 0 Å². The molecule has 9 heteroatoms. The van der Waals surface area contributed by atoms with Gasteiger partial charge in [0.25, 0.3) is 0 Å². The van der Waals surface area contributed by atoms with Gasteiger partial charge in [-0.25, -0.2) is 4.98 Å². The van der Waals surface area contributed by atoms with Crippen LogP contribution in [0.3, 0.4) is 0 Å². The third-order valence-corrected chi connectivity index (χ3v) is 6.26. The zero-order valence-electron chi connectivity index (χ0n) is 21.8. The molecule has 37 heavy (non-hydrogen) atoms. The van der Waals surface area contributed by atoms with E-state index in [4.69, 9.17) is 19.2 Å². The molecule has 1 aliphatic rings. The Labute approximate surface area is 217 Å². The molecule has 9 nitrogen and oxygen atoms in total. The number of aromatic nitrogens is 2. The minimum atomic E-state index is -0.334. The second kappa shape index (κ2) is 11.9. The molecular weight excluding hydrogens is 472 g/mol. The molecule has 1 aliphatic heterocycles. The Balaban J connectivity index is 1.63. The van der Waals surface area contributed by atoms with Gasteiger partial charge >= 0.3 is 0 Å². The topological polar surface area (TPSA) is 94.9 Å². The molecule has 2 amide bonds. The largest absolute Gasteiger partial charge is 0.493 e. The number of amides is 2. The number of benzene rings is 2. The maximum absolute atomic E-state index is 13.2. The summed E-state index contributed by atoms with van der Waals surface area (Å²) >= 11 is 0. The Morgan fingerprint density at radius 1 is 1.14 bits per heavy atom. The summed E-state index contributed by atoms with van der Waals surface area (Å²) in [4.78, 5) is 32.4. The van der Waals surface area contributed by atoms with Gasteiger partial charge in [-0.3, -0.25) is 19.5 Å². The highest BCUT2D eigenvalue weighted by Gasteiger charge is 2.26. The summed E-state index contributed by atoms with van der Waals surface area (Å²) in [6.07, 6.45) is 3.66. The fourth-order valence-corrected chi connectivity index (χ4v) is 4.36. The van der Waals surface area contributed by atoms with E-state index < -0.39 is 0 Å². The molecule has 1 aromatic heterocycles. The van der Waals surface area contributed by atoms with Crippen LogP contribution in [-0.2, 0) is 14.3 Å². The molecule has 0 radical (unpaired) electrons. The van der Waals surface area contributed by atoms with Crippen molar-refractivity contribution in [3.05, 3.63) is 54.7 Å². The second-order valence-corrected chi connectivity index (χ2v) is 9.28. The van der Waals surface area contributed by atoms with Crippen molar-refractivity contribution in [3.8, 4) is 28.4 Å². The van der Waals surface area contributed by atoms with Gasteiger partial charge in [0.05, 0.1) is 31.7 Å². The zero-order chi connectivity index (χ0) is 26.4. The number of carbonyl (C=O) groups is 2. The van der Waals surface area contributed by atoms with Gasteiger partial charge < -0.3 is 19.1 Å². The van der Waals surface area contributed by atoms with Crippen LogP contribution in [-0.4, -0.2) is 66.3 Å². The molecule has 1 atom stereocenters. The summed E-state index contributed by atoms with van der Waals surface area (Å²) in [5.74, 6) is 0.838. The molecule has 3 aromatic rings. The van der Waals surface area contributed by atoms with E-state index in [1.165, 1.54) is 0 Å². The highest BCUT2D eigenvalue weighted by atomic mass is 16.5. The molecule has 0 unspecified atom stereocenters. The van der Waals surface area contributed by atoms with E-state index >= 15 is 0 Å². The number of hydrogen-bond donors (Lipinski definition) is 1. The number of methoxy groups -OCH3 is 2. The average molecular weight is 507 g/mol. The predicted octanol–water partition coefficient (Wildman–Crippen LogP) is 4.16. The number of hydrogen-bond acceptors (Lipinski definition) is 6. The molecule has 0 saturated carbocycles. The van der Waals surface area contributed by atoms with Gasteiger partial charge in [0.2, 0.25) is 17.8 Å². The molecule has 4 rings (SSSR count). The fraction of sp³-hybridized carbons (Fsp3) is 0.393. The first-order valence-corrected chi connectivity index (χ1v) is 12.5. The first-order valence-electron chi connectivity index (χ1n) is 12.5. The van der Waals surface area contributed by atoms with Crippen molar-refractivity contribution in [1.29, 1.82) is 0 Å². The summed E-state index contributed by atoms with van der Waals surface area (Å²) in [5, 5.41) is 2.92. The lowest BCUT2D eigenvalue weighted by atomic mass is 10.1.